The van der Waals surface area contributed by atoms with Crippen LogP contribution in [-0.4, -0.2) is 127 Å². The Balaban J connectivity index is 3.51. The first-order valence-electron chi connectivity index (χ1n) is 23.1. The number of rotatable bonds is 45. The Labute approximate surface area is 352 Å². The summed E-state index contributed by atoms with van der Waals surface area (Å²) in [5.41, 5.74) is 23.1. The number of carbonyl (C=O) groups excluding carboxylic acids is 4. The molecular weight excluding hydrogens is 737 g/mol. The molecule has 4 amide bonds. The Hall–Kier alpha value is -2.44. The Kier molecular flexibility index (Phi) is 42.3. The van der Waals surface area contributed by atoms with E-state index < -0.39 is 12.1 Å². The van der Waals surface area contributed by atoms with Gasteiger partial charge in [-0.15, -0.1) is 0 Å². The molecule has 0 aromatic carbocycles. The van der Waals surface area contributed by atoms with E-state index in [4.69, 9.17) is 22.9 Å². The van der Waals surface area contributed by atoms with Gasteiger partial charge in [-0.3, -0.25) is 19.2 Å². The average Bonchev–Trinajstić information content (AvgIpc) is 3.21. The van der Waals surface area contributed by atoms with Gasteiger partial charge in [0.25, 0.3) is 0 Å². The molecule has 0 radical (unpaired) electrons. The molecule has 0 aliphatic heterocycles. The maximum absolute atomic E-state index is 12.2. The van der Waals surface area contributed by atoms with Crippen molar-refractivity contribution in [2.24, 2.45) is 22.9 Å². The van der Waals surface area contributed by atoms with E-state index in [0.29, 0.717) is 51.9 Å². The number of unbranched alkanes of at least 4 members (excludes halogenated alkanes) is 9. The molecule has 2 atom stereocenters. The zero-order valence-electron chi connectivity index (χ0n) is 36.6. The zero-order valence-corrected chi connectivity index (χ0v) is 36.6. The summed E-state index contributed by atoms with van der Waals surface area (Å²) in [6.45, 7) is 11.6. The van der Waals surface area contributed by atoms with E-state index >= 15 is 0 Å². The number of nitrogens with two attached hydrogens (primary N) is 4. The predicted molar refractivity (Wildman–Crippen MR) is 239 cm³/mol. The summed E-state index contributed by atoms with van der Waals surface area (Å²) in [7, 11) is 0. The molecule has 58 heavy (non-hydrogen) atoms. The van der Waals surface area contributed by atoms with Crippen LogP contribution in [0.4, 0.5) is 0 Å². The first-order chi connectivity index (χ1) is 28.3. The van der Waals surface area contributed by atoms with Crippen LogP contribution in [0.15, 0.2) is 0 Å². The van der Waals surface area contributed by atoms with Crippen molar-refractivity contribution in [3.8, 4) is 0 Å². The van der Waals surface area contributed by atoms with Gasteiger partial charge in [0, 0.05) is 39.0 Å². The third-order valence-corrected chi connectivity index (χ3v) is 9.95. The summed E-state index contributed by atoms with van der Waals surface area (Å²) in [4.78, 5) is 48.8. The number of hydrogen-bond donors (Lipinski definition) is 12. The van der Waals surface area contributed by atoms with E-state index in [-0.39, 0.29) is 23.6 Å². The monoisotopic (exact) mass is 827 g/mol. The second kappa shape index (κ2) is 44.1. The van der Waals surface area contributed by atoms with E-state index in [9.17, 15) is 19.2 Å². The van der Waals surface area contributed by atoms with Gasteiger partial charge in [-0.1, -0.05) is 25.7 Å². The van der Waals surface area contributed by atoms with Crippen LogP contribution in [0.5, 0.6) is 0 Å². The smallest absolute Gasteiger partial charge is 0.236 e. The maximum Gasteiger partial charge on any atom is 0.236 e. The molecule has 0 rings (SSSR count). The lowest BCUT2D eigenvalue weighted by atomic mass is 10.1. The summed E-state index contributed by atoms with van der Waals surface area (Å²) < 4.78 is 0. The van der Waals surface area contributed by atoms with Gasteiger partial charge < -0.3 is 65.5 Å². The van der Waals surface area contributed by atoms with Crippen molar-refractivity contribution in [3.63, 3.8) is 0 Å². The molecule has 0 saturated carbocycles. The van der Waals surface area contributed by atoms with Crippen molar-refractivity contribution in [2.75, 3.05) is 91.6 Å². The Morgan fingerprint density at radius 3 is 0.983 bits per heavy atom. The predicted octanol–water partition coefficient (Wildman–Crippen LogP) is 0.964. The van der Waals surface area contributed by atoms with Gasteiger partial charge in [0.1, 0.15) is 0 Å². The molecule has 0 heterocycles. The van der Waals surface area contributed by atoms with E-state index in [2.05, 4.69) is 42.5 Å². The van der Waals surface area contributed by atoms with Crippen LogP contribution in [0.1, 0.15) is 141 Å². The molecule has 0 aromatic heterocycles. The third-order valence-electron chi connectivity index (χ3n) is 9.95. The SMILES string of the molecule is NCCCNCCCCNCCCNC(=O)[C@H](N)CCCCNC(=O)CCCCCCCCC(=O)NCCCC[C@H](N)C(=O)NCCCNCCCCNCCCN. The summed E-state index contributed by atoms with van der Waals surface area (Å²) in [6.07, 6.45) is 19.6. The Morgan fingerprint density at radius 1 is 0.328 bits per heavy atom. The molecular formula is C42H90N12O4. The van der Waals surface area contributed by atoms with Gasteiger partial charge in [-0.25, -0.2) is 0 Å². The topological polar surface area (TPSA) is 269 Å². The molecule has 0 aromatic rings. The number of carbonyl (C=O) groups is 4. The van der Waals surface area contributed by atoms with Crippen molar-refractivity contribution in [3.05, 3.63) is 0 Å². The highest BCUT2D eigenvalue weighted by atomic mass is 16.2. The van der Waals surface area contributed by atoms with Gasteiger partial charge in [0.15, 0.2) is 0 Å². The molecule has 0 aliphatic rings. The average molecular weight is 827 g/mol. The number of amides is 4. The van der Waals surface area contributed by atoms with E-state index in [1.807, 2.05) is 0 Å². The van der Waals surface area contributed by atoms with Gasteiger partial charge in [0.2, 0.25) is 23.6 Å². The quantitative estimate of drug-likeness (QED) is 0.0383. The standard InChI is InChI=1S/C42H90N12O4/c43-23-15-29-47-25-11-13-27-49-31-17-35-53-41(57)37(45)19-7-9-33-51-39(55)21-5-3-1-2-4-6-22-40(56)52-34-10-8-20-38(46)42(58)54-36-18-32-50-28-14-12-26-48-30-16-24-44/h37-38,47-50H,1-36,43-46H2,(H,51,55)(H,52,56)(H,53,57)(H,54,58)/t37-,38+. The highest BCUT2D eigenvalue weighted by Gasteiger charge is 2.13. The lowest BCUT2D eigenvalue weighted by molar-refractivity contribution is -0.123. The second-order valence-electron chi connectivity index (χ2n) is 15.5. The molecule has 0 fully saturated rings. The molecule has 16 N–H and O–H groups in total. The Morgan fingerprint density at radius 2 is 0.621 bits per heavy atom. The van der Waals surface area contributed by atoms with Crippen LogP contribution in [0.3, 0.4) is 0 Å². The molecule has 0 bridgehead atoms. The van der Waals surface area contributed by atoms with E-state index in [0.717, 1.165) is 181 Å². The lowest BCUT2D eigenvalue weighted by Gasteiger charge is -2.13. The molecule has 0 aliphatic carbocycles. The van der Waals surface area contributed by atoms with Crippen LogP contribution < -0.4 is 65.5 Å². The summed E-state index contributed by atoms with van der Waals surface area (Å²) in [5.74, 6) is -0.0769. The highest BCUT2D eigenvalue weighted by molar-refractivity contribution is 5.81. The van der Waals surface area contributed by atoms with Crippen molar-refractivity contribution < 1.29 is 19.2 Å². The molecule has 16 nitrogen and oxygen atoms in total. The van der Waals surface area contributed by atoms with Crippen molar-refractivity contribution in [1.82, 2.24) is 42.5 Å². The van der Waals surface area contributed by atoms with Gasteiger partial charge in [0.05, 0.1) is 12.1 Å². The molecule has 0 spiro atoms. The maximum atomic E-state index is 12.2. The minimum atomic E-state index is -0.517. The van der Waals surface area contributed by atoms with Crippen LogP contribution in [0.2, 0.25) is 0 Å². The fourth-order valence-corrected chi connectivity index (χ4v) is 6.22. The largest absolute Gasteiger partial charge is 0.356 e. The van der Waals surface area contributed by atoms with Crippen molar-refractivity contribution in [1.29, 1.82) is 0 Å². The zero-order chi connectivity index (χ0) is 42.6. The van der Waals surface area contributed by atoms with Crippen molar-refractivity contribution in [2.45, 2.75) is 153 Å². The third kappa shape index (κ3) is 40.3. The summed E-state index contributed by atoms with van der Waals surface area (Å²) in [6, 6.07) is -1.03. The van der Waals surface area contributed by atoms with E-state index in [1.165, 1.54) is 0 Å². The molecule has 342 valence electrons. The second-order valence-corrected chi connectivity index (χ2v) is 15.5. The molecule has 16 heteroatoms. The fourth-order valence-electron chi connectivity index (χ4n) is 6.22. The van der Waals surface area contributed by atoms with Gasteiger partial charge >= 0.3 is 0 Å². The highest BCUT2D eigenvalue weighted by Crippen LogP contribution is 2.09. The first-order valence-corrected chi connectivity index (χ1v) is 23.1. The molecule has 0 unspecified atom stereocenters. The minimum Gasteiger partial charge on any atom is -0.356 e. The van der Waals surface area contributed by atoms with Crippen LogP contribution in [-0.2, 0) is 19.2 Å². The number of nitrogens with one attached hydrogen (secondary N) is 8. The van der Waals surface area contributed by atoms with E-state index in [1.54, 1.807) is 0 Å². The van der Waals surface area contributed by atoms with Gasteiger partial charge in [-0.05, 0) is 168 Å². The van der Waals surface area contributed by atoms with Gasteiger partial charge in [-0.2, -0.15) is 0 Å². The molecule has 0 saturated heterocycles. The van der Waals surface area contributed by atoms with Crippen molar-refractivity contribution >= 4 is 23.6 Å². The minimum absolute atomic E-state index is 0.0700. The number of hydrogen-bond acceptors (Lipinski definition) is 12. The summed E-state index contributed by atoms with van der Waals surface area (Å²) >= 11 is 0. The summed E-state index contributed by atoms with van der Waals surface area (Å²) in [5, 5.41) is 25.4. The fraction of sp³-hybridized carbons (Fsp3) is 0.905. The first kappa shape index (κ1) is 55.6. The normalized spacial score (nSPS) is 12.3. The van der Waals surface area contributed by atoms with Crippen LogP contribution >= 0.6 is 0 Å². The Bertz CT molecular complexity index is 891. The van der Waals surface area contributed by atoms with Crippen LogP contribution in [0, 0.1) is 0 Å². The lowest BCUT2D eigenvalue weighted by Crippen LogP contribution is -2.41. The van der Waals surface area contributed by atoms with Crippen LogP contribution in [0.25, 0.3) is 0 Å².